The highest BCUT2D eigenvalue weighted by molar-refractivity contribution is 5.16. The van der Waals surface area contributed by atoms with Crippen LogP contribution in [0.4, 0.5) is 0 Å². The molecule has 1 heterocycles. The maximum atomic E-state index is 5.91. The molecule has 0 saturated heterocycles. The highest BCUT2D eigenvalue weighted by atomic mass is 16.4. The number of hydrogen-bond acceptors (Lipinski definition) is 3. The molecule has 90 valence electrons. The summed E-state index contributed by atoms with van der Waals surface area (Å²) in [5.41, 5.74) is 6.72. The normalized spacial score (nSPS) is 17.5. The van der Waals surface area contributed by atoms with Crippen LogP contribution < -0.4 is 5.73 Å². The number of nitrogens with two attached hydrogens (primary N) is 1. The second-order valence-corrected chi connectivity index (χ2v) is 5.04. The fourth-order valence-electron chi connectivity index (χ4n) is 2.49. The molecule has 0 aliphatic heterocycles. The lowest BCUT2D eigenvalue weighted by Crippen LogP contribution is -2.04. The van der Waals surface area contributed by atoms with Crippen molar-refractivity contribution in [3.05, 3.63) is 17.3 Å². The molecule has 1 fully saturated rings. The standard InChI is InChI=1S/C13H22N2O/c1-9(2)12-11(7-8-14)16-13(15-12)10-5-3-4-6-10/h9-10H,3-8,14H2,1-2H3. The van der Waals surface area contributed by atoms with Gasteiger partial charge in [-0.15, -0.1) is 0 Å². The van der Waals surface area contributed by atoms with E-state index in [1.807, 2.05) is 0 Å². The number of hydrogen-bond donors (Lipinski definition) is 1. The number of aromatic nitrogens is 1. The van der Waals surface area contributed by atoms with Gasteiger partial charge in [-0.1, -0.05) is 26.7 Å². The van der Waals surface area contributed by atoms with Crippen molar-refractivity contribution in [1.29, 1.82) is 0 Å². The van der Waals surface area contributed by atoms with Crippen LogP contribution in [0.15, 0.2) is 4.42 Å². The summed E-state index contributed by atoms with van der Waals surface area (Å²) in [5.74, 6) is 2.97. The van der Waals surface area contributed by atoms with Crippen molar-refractivity contribution in [2.24, 2.45) is 5.73 Å². The third kappa shape index (κ3) is 2.29. The van der Waals surface area contributed by atoms with Crippen molar-refractivity contribution in [3.8, 4) is 0 Å². The molecule has 1 aromatic rings. The monoisotopic (exact) mass is 222 g/mol. The lowest BCUT2D eigenvalue weighted by molar-refractivity contribution is 0.418. The zero-order chi connectivity index (χ0) is 11.5. The molecule has 0 aromatic carbocycles. The topological polar surface area (TPSA) is 52.0 Å². The third-order valence-electron chi connectivity index (χ3n) is 3.37. The fraction of sp³-hybridized carbons (Fsp3) is 0.769. The average Bonchev–Trinajstić information content (AvgIpc) is 2.83. The van der Waals surface area contributed by atoms with E-state index in [0.29, 0.717) is 18.4 Å². The molecule has 0 bridgehead atoms. The molecular weight excluding hydrogens is 200 g/mol. The molecule has 1 aromatic heterocycles. The predicted octanol–water partition coefficient (Wildman–Crippen LogP) is 2.96. The van der Waals surface area contributed by atoms with E-state index in [1.165, 1.54) is 25.7 Å². The Balaban J connectivity index is 2.22. The van der Waals surface area contributed by atoms with E-state index in [4.69, 9.17) is 10.2 Å². The summed E-state index contributed by atoms with van der Waals surface area (Å²) < 4.78 is 5.91. The van der Waals surface area contributed by atoms with Gasteiger partial charge in [0.05, 0.1) is 5.69 Å². The van der Waals surface area contributed by atoms with Crippen molar-refractivity contribution >= 4 is 0 Å². The Morgan fingerprint density at radius 1 is 1.38 bits per heavy atom. The lowest BCUT2D eigenvalue weighted by Gasteiger charge is -2.01. The summed E-state index contributed by atoms with van der Waals surface area (Å²) in [5, 5.41) is 0. The van der Waals surface area contributed by atoms with Crippen LogP contribution >= 0.6 is 0 Å². The van der Waals surface area contributed by atoms with Gasteiger partial charge in [-0.25, -0.2) is 4.98 Å². The van der Waals surface area contributed by atoms with Gasteiger partial charge in [-0.3, -0.25) is 0 Å². The molecule has 0 spiro atoms. The second-order valence-electron chi connectivity index (χ2n) is 5.04. The summed E-state index contributed by atoms with van der Waals surface area (Å²) in [6.45, 7) is 4.96. The molecule has 1 aliphatic carbocycles. The van der Waals surface area contributed by atoms with Crippen LogP contribution in [0.3, 0.4) is 0 Å². The average molecular weight is 222 g/mol. The first kappa shape index (κ1) is 11.6. The Morgan fingerprint density at radius 2 is 2.06 bits per heavy atom. The first-order valence-electron chi connectivity index (χ1n) is 6.42. The van der Waals surface area contributed by atoms with Crippen molar-refractivity contribution < 1.29 is 4.42 Å². The van der Waals surface area contributed by atoms with Crippen molar-refractivity contribution in [1.82, 2.24) is 4.98 Å². The number of nitrogens with zero attached hydrogens (tertiary/aromatic N) is 1. The van der Waals surface area contributed by atoms with E-state index >= 15 is 0 Å². The van der Waals surface area contributed by atoms with E-state index < -0.39 is 0 Å². The van der Waals surface area contributed by atoms with E-state index in [0.717, 1.165) is 23.8 Å². The lowest BCUT2D eigenvalue weighted by atomic mass is 10.1. The molecule has 1 aliphatic rings. The first-order chi connectivity index (χ1) is 7.72. The van der Waals surface area contributed by atoms with Gasteiger partial charge in [-0.2, -0.15) is 0 Å². The third-order valence-corrected chi connectivity index (χ3v) is 3.37. The molecule has 0 radical (unpaired) electrons. The molecule has 2 rings (SSSR count). The minimum Gasteiger partial charge on any atom is -0.445 e. The van der Waals surface area contributed by atoms with E-state index in [1.54, 1.807) is 0 Å². The van der Waals surface area contributed by atoms with Crippen LogP contribution in [0.1, 0.15) is 68.7 Å². The quantitative estimate of drug-likeness (QED) is 0.852. The smallest absolute Gasteiger partial charge is 0.197 e. The highest BCUT2D eigenvalue weighted by Gasteiger charge is 2.24. The molecular formula is C13H22N2O. The van der Waals surface area contributed by atoms with Gasteiger partial charge in [-0.05, 0) is 25.3 Å². The largest absolute Gasteiger partial charge is 0.445 e. The molecule has 0 atom stereocenters. The number of oxazole rings is 1. The van der Waals surface area contributed by atoms with Gasteiger partial charge in [0.25, 0.3) is 0 Å². The molecule has 16 heavy (non-hydrogen) atoms. The zero-order valence-electron chi connectivity index (χ0n) is 10.3. The Labute approximate surface area is 97.4 Å². The van der Waals surface area contributed by atoms with Crippen LogP contribution in [0.5, 0.6) is 0 Å². The molecule has 0 unspecified atom stereocenters. The van der Waals surface area contributed by atoms with Crippen LogP contribution in [0, 0.1) is 0 Å². The van der Waals surface area contributed by atoms with E-state index in [-0.39, 0.29) is 0 Å². The van der Waals surface area contributed by atoms with Gasteiger partial charge in [0.2, 0.25) is 0 Å². The van der Waals surface area contributed by atoms with E-state index in [2.05, 4.69) is 18.8 Å². The zero-order valence-corrected chi connectivity index (χ0v) is 10.3. The fourth-order valence-corrected chi connectivity index (χ4v) is 2.49. The van der Waals surface area contributed by atoms with Crippen molar-refractivity contribution in [3.63, 3.8) is 0 Å². The Morgan fingerprint density at radius 3 is 2.62 bits per heavy atom. The minimum absolute atomic E-state index is 0.431. The predicted molar refractivity (Wildman–Crippen MR) is 64.6 cm³/mol. The number of rotatable bonds is 4. The molecule has 3 nitrogen and oxygen atoms in total. The Bertz CT molecular complexity index is 338. The second kappa shape index (κ2) is 5.00. The van der Waals surface area contributed by atoms with Gasteiger partial charge in [0, 0.05) is 12.3 Å². The summed E-state index contributed by atoms with van der Waals surface area (Å²) in [6.07, 6.45) is 5.92. The summed E-state index contributed by atoms with van der Waals surface area (Å²) in [7, 11) is 0. The highest BCUT2D eigenvalue weighted by Crippen LogP contribution is 2.35. The van der Waals surface area contributed by atoms with Crippen LogP contribution in [0.2, 0.25) is 0 Å². The van der Waals surface area contributed by atoms with Gasteiger partial charge in [0.1, 0.15) is 5.76 Å². The first-order valence-corrected chi connectivity index (χ1v) is 6.42. The molecule has 3 heteroatoms. The summed E-state index contributed by atoms with van der Waals surface area (Å²) >= 11 is 0. The van der Waals surface area contributed by atoms with Gasteiger partial charge >= 0.3 is 0 Å². The van der Waals surface area contributed by atoms with Gasteiger partial charge in [0.15, 0.2) is 5.89 Å². The molecule has 0 amide bonds. The van der Waals surface area contributed by atoms with Gasteiger partial charge < -0.3 is 10.2 Å². The SMILES string of the molecule is CC(C)c1nc(C2CCCC2)oc1CCN. The summed E-state index contributed by atoms with van der Waals surface area (Å²) in [4.78, 5) is 4.69. The molecule has 2 N–H and O–H groups in total. The molecule has 1 saturated carbocycles. The van der Waals surface area contributed by atoms with Crippen LogP contribution in [0.25, 0.3) is 0 Å². The van der Waals surface area contributed by atoms with E-state index in [9.17, 15) is 0 Å². The van der Waals surface area contributed by atoms with Crippen LogP contribution in [-0.4, -0.2) is 11.5 Å². The van der Waals surface area contributed by atoms with Crippen molar-refractivity contribution in [2.45, 2.75) is 57.8 Å². The maximum Gasteiger partial charge on any atom is 0.197 e. The van der Waals surface area contributed by atoms with Crippen LogP contribution in [-0.2, 0) is 6.42 Å². The minimum atomic E-state index is 0.431. The maximum absolute atomic E-state index is 5.91. The Kier molecular flexibility index (Phi) is 3.64. The summed E-state index contributed by atoms with van der Waals surface area (Å²) in [6, 6.07) is 0. The Hall–Kier alpha value is -0.830. The van der Waals surface area contributed by atoms with Crippen molar-refractivity contribution in [2.75, 3.05) is 6.54 Å².